The lowest BCUT2D eigenvalue weighted by molar-refractivity contribution is 0.0729. The average Bonchev–Trinajstić information content (AvgIpc) is 2.36. The van der Waals surface area contributed by atoms with Crippen LogP contribution in [0.5, 0.6) is 0 Å². The van der Waals surface area contributed by atoms with Crippen molar-refractivity contribution in [1.82, 2.24) is 10.2 Å². The van der Waals surface area contributed by atoms with E-state index in [-0.39, 0.29) is 12.4 Å². The minimum absolute atomic E-state index is 0. The molecule has 1 aliphatic rings. The van der Waals surface area contributed by atoms with Gasteiger partial charge in [0.15, 0.2) is 17.5 Å². The molecule has 1 saturated heterocycles. The summed E-state index contributed by atoms with van der Waals surface area (Å²) in [4.78, 5) is 13.3. The molecule has 0 radical (unpaired) electrons. The molecule has 1 fully saturated rings. The predicted octanol–water partition coefficient (Wildman–Crippen LogP) is 1.57. The first-order chi connectivity index (χ1) is 8.11. The van der Waals surface area contributed by atoms with Gasteiger partial charge >= 0.3 is 0 Å². The number of amides is 1. The van der Waals surface area contributed by atoms with Gasteiger partial charge < -0.3 is 10.2 Å². The first-order valence-electron chi connectivity index (χ1n) is 5.24. The summed E-state index contributed by atoms with van der Waals surface area (Å²) >= 11 is 0. The van der Waals surface area contributed by atoms with Crippen molar-refractivity contribution in [2.75, 3.05) is 26.2 Å². The number of carbonyl (C=O) groups is 1. The molecule has 1 amide bonds. The van der Waals surface area contributed by atoms with Gasteiger partial charge in [-0.05, 0) is 12.1 Å². The molecule has 0 aromatic heterocycles. The van der Waals surface area contributed by atoms with Crippen LogP contribution in [0.15, 0.2) is 12.1 Å². The predicted molar refractivity (Wildman–Crippen MR) is 62.3 cm³/mol. The Morgan fingerprint density at radius 2 is 1.72 bits per heavy atom. The zero-order chi connectivity index (χ0) is 12.4. The van der Waals surface area contributed by atoms with Crippen LogP contribution in [0.1, 0.15) is 10.4 Å². The Hall–Kier alpha value is -1.27. The van der Waals surface area contributed by atoms with Gasteiger partial charge in [0.2, 0.25) is 0 Å². The van der Waals surface area contributed by atoms with Crippen molar-refractivity contribution in [2.24, 2.45) is 0 Å². The van der Waals surface area contributed by atoms with Gasteiger partial charge in [-0.1, -0.05) is 0 Å². The summed E-state index contributed by atoms with van der Waals surface area (Å²) < 4.78 is 39.1. The second-order valence-corrected chi connectivity index (χ2v) is 3.77. The van der Waals surface area contributed by atoms with Gasteiger partial charge in [0, 0.05) is 26.2 Å². The molecule has 0 aliphatic carbocycles. The molecular weight excluding hydrogens is 269 g/mol. The van der Waals surface area contributed by atoms with E-state index in [9.17, 15) is 18.0 Å². The van der Waals surface area contributed by atoms with Gasteiger partial charge in [0.25, 0.3) is 5.91 Å². The summed E-state index contributed by atoms with van der Waals surface area (Å²) in [6.45, 7) is 2.07. The Morgan fingerprint density at radius 3 is 2.33 bits per heavy atom. The normalized spacial score (nSPS) is 15.2. The molecule has 1 aromatic carbocycles. The zero-order valence-electron chi connectivity index (χ0n) is 9.38. The van der Waals surface area contributed by atoms with Crippen LogP contribution in [0.4, 0.5) is 13.2 Å². The van der Waals surface area contributed by atoms with E-state index in [1.807, 2.05) is 0 Å². The minimum Gasteiger partial charge on any atom is -0.336 e. The van der Waals surface area contributed by atoms with E-state index in [0.29, 0.717) is 26.2 Å². The van der Waals surface area contributed by atoms with Crippen molar-refractivity contribution < 1.29 is 18.0 Å². The van der Waals surface area contributed by atoms with Crippen LogP contribution in [-0.4, -0.2) is 37.0 Å². The van der Waals surface area contributed by atoms with Gasteiger partial charge in [0.05, 0.1) is 5.56 Å². The SMILES string of the molecule is Cl.O=C(c1ccc(F)c(F)c1F)N1CCNCC1. The zero-order valence-corrected chi connectivity index (χ0v) is 10.2. The molecule has 1 aliphatic heterocycles. The Bertz CT molecular complexity index is 450. The fourth-order valence-electron chi connectivity index (χ4n) is 1.73. The van der Waals surface area contributed by atoms with Gasteiger partial charge in [0.1, 0.15) is 0 Å². The number of piperazine rings is 1. The first kappa shape index (κ1) is 14.8. The van der Waals surface area contributed by atoms with E-state index < -0.39 is 28.9 Å². The number of nitrogens with one attached hydrogen (secondary N) is 1. The molecule has 7 heteroatoms. The lowest BCUT2D eigenvalue weighted by Gasteiger charge is -2.27. The maximum Gasteiger partial charge on any atom is 0.257 e. The highest BCUT2D eigenvalue weighted by Crippen LogP contribution is 2.17. The van der Waals surface area contributed by atoms with Crippen molar-refractivity contribution in [1.29, 1.82) is 0 Å². The monoisotopic (exact) mass is 280 g/mol. The molecule has 18 heavy (non-hydrogen) atoms. The summed E-state index contributed by atoms with van der Waals surface area (Å²) in [5.74, 6) is -4.93. The molecule has 3 nitrogen and oxygen atoms in total. The largest absolute Gasteiger partial charge is 0.336 e. The van der Waals surface area contributed by atoms with Crippen LogP contribution in [0.2, 0.25) is 0 Å². The molecule has 0 atom stereocenters. The molecule has 1 aromatic rings. The number of carbonyl (C=O) groups excluding carboxylic acids is 1. The topological polar surface area (TPSA) is 32.3 Å². The van der Waals surface area contributed by atoms with E-state index in [2.05, 4.69) is 5.32 Å². The molecule has 0 spiro atoms. The van der Waals surface area contributed by atoms with Crippen molar-refractivity contribution in [3.05, 3.63) is 35.1 Å². The number of halogens is 4. The van der Waals surface area contributed by atoms with E-state index in [4.69, 9.17) is 0 Å². The number of benzene rings is 1. The molecule has 0 bridgehead atoms. The maximum atomic E-state index is 13.4. The summed E-state index contributed by atoms with van der Waals surface area (Å²) in [5, 5.41) is 3.03. The number of nitrogens with zero attached hydrogens (tertiary/aromatic N) is 1. The van der Waals surface area contributed by atoms with Crippen LogP contribution >= 0.6 is 12.4 Å². The van der Waals surface area contributed by atoms with Gasteiger partial charge in [-0.2, -0.15) is 0 Å². The summed E-state index contributed by atoms with van der Waals surface area (Å²) in [5.41, 5.74) is -0.425. The smallest absolute Gasteiger partial charge is 0.257 e. The molecule has 1 heterocycles. The van der Waals surface area contributed by atoms with Crippen LogP contribution in [0.3, 0.4) is 0 Å². The number of hydrogen-bond donors (Lipinski definition) is 1. The van der Waals surface area contributed by atoms with Gasteiger partial charge in [-0.25, -0.2) is 13.2 Å². The lowest BCUT2D eigenvalue weighted by Crippen LogP contribution is -2.46. The summed E-state index contributed by atoms with van der Waals surface area (Å²) in [6.07, 6.45) is 0. The first-order valence-corrected chi connectivity index (χ1v) is 5.24. The maximum absolute atomic E-state index is 13.4. The van der Waals surface area contributed by atoms with E-state index in [1.165, 1.54) is 4.90 Å². The molecule has 100 valence electrons. The van der Waals surface area contributed by atoms with Crippen LogP contribution < -0.4 is 5.32 Å². The third-order valence-corrected chi connectivity index (χ3v) is 2.67. The molecule has 0 saturated carbocycles. The third kappa shape index (κ3) is 2.76. The highest BCUT2D eigenvalue weighted by Gasteiger charge is 2.24. The fraction of sp³-hybridized carbons (Fsp3) is 0.364. The van der Waals surface area contributed by atoms with Crippen LogP contribution in [0.25, 0.3) is 0 Å². The second-order valence-electron chi connectivity index (χ2n) is 3.77. The Labute approximate surface area is 108 Å². The molecule has 0 unspecified atom stereocenters. The van der Waals surface area contributed by atoms with E-state index in [0.717, 1.165) is 12.1 Å². The standard InChI is InChI=1S/C11H11F3N2O.ClH/c12-8-2-1-7(9(13)10(8)14)11(17)16-5-3-15-4-6-16;/h1-2,15H,3-6H2;1H. The Morgan fingerprint density at radius 1 is 1.11 bits per heavy atom. The Balaban J connectivity index is 0.00000162. The molecule has 1 N–H and O–H groups in total. The Kier molecular flexibility index (Phi) is 4.98. The summed E-state index contributed by atoms with van der Waals surface area (Å²) in [7, 11) is 0. The fourth-order valence-corrected chi connectivity index (χ4v) is 1.73. The quantitative estimate of drug-likeness (QED) is 0.792. The lowest BCUT2D eigenvalue weighted by atomic mass is 10.1. The highest BCUT2D eigenvalue weighted by atomic mass is 35.5. The van der Waals surface area contributed by atoms with Crippen molar-refractivity contribution in [3.63, 3.8) is 0 Å². The second kappa shape index (κ2) is 6.06. The third-order valence-electron chi connectivity index (χ3n) is 2.67. The van der Waals surface area contributed by atoms with Crippen molar-refractivity contribution in [2.45, 2.75) is 0 Å². The van der Waals surface area contributed by atoms with Crippen molar-refractivity contribution in [3.8, 4) is 0 Å². The molecular formula is C11H12ClF3N2O. The van der Waals surface area contributed by atoms with E-state index >= 15 is 0 Å². The van der Waals surface area contributed by atoms with Gasteiger partial charge in [-0.15, -0.1) is 12.4 Å². The van der Waals surface area contributed by atoms with Crippen LogP contribution in [0, 0.1) is 17.5 Å². The highest BCUT2D eigenvalue weighted by molar-refractivity contribution is 5.94. The molecule has 2 rings (SSSR count). The average molecular weight is 281 g/mol. The number of hydrogen-bond acceptors (Lipinski definition) is 2. The van der Waals surface area contributed by atoms with Crippen molar-refractivity contribution >= 4 is 18.3 Å². The van der Waals surface area contributed by atoms with Crippen LogP contribution in [-0.2, 0) is 0 Å². The van der Waals surface area contributed by atoms with E-state index in [1.54, 1.807) is 0 Å². The summed E-state index contributed by atoms with van der Waals surface area (Å²) in [6, 6.07) is 1.73. The minimum atomic E-state index is -1.61. The van der Waals surface area contributed by atoms with Gasteiger partial charge in [-0.3, -0.25) is 4.79 Å². The number of rotatable bonds is 1.